The summed E-state index contributed by atoms with van der Waals surface area (Å²) < 4.78 is 5.57. The zero-order valence-corrected chi connectivity index (χ0v) is 12.9. The Labute approximate surface area is 125 Å². The lowest BCUT2D eigenvalue weighted by molar-refractivity contribution is 0.241. The van der Waals surface area contributed by atoms with Gasteiger partial charge in [0.15, 0.2) is 0 Å². The standard InChI is InChI=1S/C16H22N2OS/c1-3-19-15-6-4-5-14(9-15)16(10-17)18(2)11-13-7-8-20-12-13/h4-9,12,16H,3,10-11,17H2,1-2H3. The van der Waals surface area contributed by atoms with E-state index >= 15 is 0 Å². The van der Waals surface area contributed by atoms with Crippen LogP contribution in [-0.2, 0) is 6.54 Å². The summed E-state index contributed by atoms with van der Waals surface area (Å²) in [5.41, 5.74) is 8.51. The molecule has 2 aromatic rings. The van der Waals surface area contributed by atoms with Gasteiger partial charge in [-0.05, 0) is 54.1 Å². The first-order valence-corrected chi connectivity index (χ1v) is 7.83. The highest BCUT2D eigenvalue weighted by Crippen LogP contribution is 2.24. The molecule has 3 nitrogen and oxygen atoms in total. The monoisotopic (exact) mass is 290 g/mol. The van der Waals surface area contributed by atoms with Crippen LogP contribution in [0.4, 0.5) is 0 Å². The Kier molecular flexibility index (Phi) is 5.59. The second kappa shape index (κ2) is 7.43. The molecule has 20 heavy (non-hydrogen) atoms. The zero-order chi connectivity index (χ0) is 14.4. The molecule has 0 bridgehead atoms. The van der Waals surface area contributed by atoms with Crippen LogP contribution in [0.15, 0.2) is 41.1 Å². The van der Waals surface area contributed by atoms with Crippen molar-refractivity contribution in [2.45, 2.75) is 19.5 Å². The lowest BCUT2D eigenvalue weighted by atomic mass is 10.0. The molecule has 2 rings (SSSR count). The number of nitrogens with two attached hydrogens (primary N) is 1. The van der Waals surface area contributed by atoms with Gasteiger partial charge in [-0.3, -0.25) is 4.90 Å². The van der Waals surface area contributed by atoms with Gasteiger partial charge in [0, 0.05) is 19.1 Å². The number of likely N-dealkylation sites (N-methyl/N-ethyl adjacent to an activating group) is 1. The fraction of sp³-hybridized carbons (Fsp3) is 0.375. The summed E-state index contributed by atoms with van der Waals surface area (Å²) in [4.78, 5) is 2.28. The molecule has 1 aromatic heterocycles. The predicted molar refractivity (Wildman–Crippen MR) is 85.2 cm³/mol. The molecule has 108 valence electrons. The van der Waals surface area contributed by atoms with Crippen molar-refractivity contribution in [1.29, 1.82) is 0 Å². The van der Waals surface area contributed by atoms with Gasteiger partial charge in [0.05, 0.1) is 6.61 Å². The topological polar surface area (TPSA) is 38.5 Å². The van der Waals surface area contributed by atoms with Gasteiger partial charge in [0.2, 0.25) is 0 Å². The van der Waals surface area contributed by atoms with Gasteiger partial charge < -0.3 is 10.5 Å². The Bertz CT molecular complexity index is 513. The SMILES string of the molecule is CCOc1cccc(C(CN)N(C)Cc2ccsc2)c1. The molecule has 0 saturated heterocycles. The maximum Gasteiger partial charge on any atom is 0.119 e. The Morgan fingerprint density at radius 2 is 2.20 bits per heavy atom. The molecule has 0 radical (unpaired) electrons. The molecule has 2 N–H and O–H groups in total. The summed E-state index contributed by atoms with van der Waals surface area (Å²) in [6.07, 6.45) is 0. The zero-order valence-electron chi connectivity index (χ0n) is 12.1. The van der Waals surface area contributed by atoms with Crippen LogP contribution in [0.2, 0.25) is 0 Å². The van der Waals surface area contributed by atoms with Crippen molar-refractivity contribution in [3.8, 4) is 5.75 Å². The fourth-order valence-corrected chi connectivity index (χ4v) is 2.99. The second-order valence-electron chi connectivity index (χ2n) is 4.80. The first-order valence-electron chi connectivity index (χ1n) is 6.88. The average molecular weight is 290 g/mol. The Morgan fingerprint density at radius 3 is 2.85 bits per heavy atom. The fourth-order valence-electron chi connectivity index (χ4n) is 2.33. The number of rotatable bonds is 7. The Morgan fingerprint density at radius 1 is 1.35 bits per heavy atom. The lowest BCUT2D eigenvalue weighted by Crippen LogP contribution is -2.30. The van der Waals surface area contributed by atoms with E-state index in [1.807, 2.05) is 19.1 Å². The highest BCUT2D eigenvalue weighted by Gasteiger charge is 2.16. The van der Waals surface area contributed by atoms with Crippen molar-refractivity contribution in [3.05, 3.63) is 52.2 Å². The molecule has 0 aliphatic rings. The minimum Gasteiger partial charge on any atom is -0.494 e. The molecule has 0 amide bonds. The highest BCUT2D eigenvalue weighted by atomic mass is 32.1. The van der Waals surface area contributed by atoms with Crippen molar-refractivity contribution in [3.63, 3.8) is 0 Å². The molecule has 1 unspecified atom stereocenters. The third-order valence-corrected chi connectivity index (χ3v) is 4.05. The van der Waals surface area contributed by atoms with E-state index in [9.17, 15) is 0 Å². The molecule has 1 atom stereocenters. The van der Waals surface area contributed by atoms with E-state index in [1.54, 1.807) is 11.3 Å². The van der Waals surface area contributed by atoms with E-state index in [4.69, 9.17) is 10.5 Å². The van der Waals surface area contributed by atoms with Gasteiger partial charge in [0.25, 0.3) is 0 Å². The number of benzene rings is 1. The van der Waals surface area contributed by atoms with E-state index in [0.717, 1.165) is 12.3 Å². The maximum absolute atomic E-state index is 5.98. The van der Waals surface area contributed by atoms with Crippen molar-refractivity contribution >= 4 is 11.3 Å². The average Bonchev–Trinajstić information content (AvgIpc) is 2.93. The summed E-state index contributed by atoms with van der Waals surface area (Å²) >= 11 is 1.73. The quantitative estimate of drug-likeness (QED) is 0.850. The van der Waals surface area contributed by atoms with E-state index in [0.29, 0.717) is 13.2 Å². The smallest absolute Gasteiger partial charge is 0.119 e. The van der Waals surface area contributed by atoms with E-state index in [-0.39, 0.29) is 6.04 Å². The van der Waals surface area contributed by atoms with Crippen LogP contribution in [-0.4, -0.2) is 25.1 Å². The number of hydrogen-bond donors (Lipinski definition) is 1. The van der Waals surface area contributed by atoms with Crippen LogP contribution in [0, 0.1) is 0 Å². The molecule has 0 aliphatic carbocycles. The number of thiophene rings is 1. The lowest BCUT2D eigenvalue weighted by Gasteiger charge is -2.27. The summed E-state index contributed by atoms with van der Waals surface area (Å²) in [7, 11) is 2.11. The molecule has 0 aliphatic heterocycles. The van der Waals surface area contributed by atoms with Gasteiger partial charge in [-0.2, -0.15) is 11.3 Å². The summed E-state index contributed by atoms with van der Waals surface area (Å²) in [6.45, 7) is 4.18. The molecule has 1 aromatic carbocycles. The summed E-state index contributed by atoms with van der Waals surface area (Å²) in [5, 5.41) is 4.29. The van der Waals surface area contributed by atoms with Crippen molar-refractivity contribution in [2.75, 3.05) is 20.2 Å². The summed E-state index contributed by atoms with van der Waals surface area (Å²) in [5.74, 6) is 0.910. The molecule has 0 fully saturated rings. The molecule has 4 heteroatoms. The molecule has 1 heterocycles. The largest absolute Gasteiger partial charge is 0.494 e. The first kappa shape index (κ1) is 15.0. The molecule has 0 saturated carbocycles. The maximum atomic E-state index is 5.98. The minimum atomic E-state index is 0.204. The molecular weight excluding hydrogens is 268 g/mol. The second-order valence-corrected chi connectivity index (χ2v) is 5.58. The van der Waals surface area contributed by atoms with Gasteiger partial charge in [-0.25, -0.2) is 0 Å². The highest BCUT2D eigenvalue weighted by molar-refractivity contribution is 7.07. The number of nitrogens with zero attached hydrogens (tertiary/aromatic N) is 1. The van der Waals surface area contributed by atoms with Crippen molar-refractivity contribution in [2.24, 2.45) is 5.73 Å². The van der Waals surface area contributed by atoms with Gasteiger partial charge in [-0.1, -0.05) is 12.1 Å². The van der Waals surface area contributed by atoms with Crippen LogP contribution >= 0.6 is 11.3 Å². The Hall–Kier alpha value is -1.36. The number of hydrogen-bond acceptors (Lipinski definition) is 4. The van der Waals surface area contributed by atoms with Gasteiger partial charge in [-0.15, -0.1) is 0 Å². The molecule has 0 spiro atoms. The van der Waals surface area contributed by atoms with E-state index in [2.05, 4.69) is 40.9 Å². The van der Waals surface area contributed by atoms with Crippen molar-refractivity contribution in [1.82, 2.24) is 4.90 Å². The summed E-state index contributed by atoms with van der Waals surface area (Å²) in [6, 6.07) is 10.6. The minimum absolute atomic E-state index is 0.204. The van der Waals surface area contributed by atoms with E-state index < -0.39 is 0 Å². The van der Waals surface area contributed by atoms with Crippen LogP contribution in [0.1, 0.15) is 24.1 Å². The normalized spacial score (nSPS) is 12.6. The van der Waals surface area contributed by atoms with Crippen LogP contribution in [0.25, 0.3) is 0 Å². The van der Waals surface area contributed by atoms with Crippen LogP contribution < -0.4 is 10.5 Å². The van der Waals surface area contributed by atoms with E-state index in [1.165, 1.54) is 11.1 Å². The van der Waals surface area contributed by atoms with Crippen molar-refractivity contribution < 1.29 is 4.74 Å². The number of ether oxygens (including phenoxy) is 1. The molecular formula is C16H22N2OS. The Balaban J connectivity index is 2.12. The van der Waals surface area contributed by atoms with Gasteiger partial charge >= 0.3 is 0 Å². The third-order valence-electron chi connectivity index (χ3n) is 3.32. The van der Waals surface area contributed by atoms with Gasteiger partial charge in [0.1, 0.15) is 5.75 Å². The third kappa shape index (κ3) is 3.82. The predicted octanol–water partition coefficient (Wildman–Crippen LogP) is 3.28. The van der Waals surface area contributed by atoms with Crippen LogP contribution in [0.3, 0.4) is 0 Å². The van der Waals surface area contributed by atoms with Crippen LogP contribution in [0.5, 0.6) is 5.75 Å². The first-order chi connectivity index (χ1) is 9.74.